The quantitative estimate of drug-likeness (QED) is 0.591. The Morgan fingerprint density at radius 2 is 2.46 bits per heavy atom. The van der Waals surface area contributed by atoms with Crippen LogP contribution in [0.25, 0.3) is 0 Å². The van der Waals surface area contributed by atoms with Crippen molar-refractivity contribution >= 4 is 35.0 Å². The number of carbonyl (C=O) groups is 1. The molecule has 0 radical (unpaired) electrons. The van der Waals surface area contributed by atoms with E-state index in [4.69, 9.17) is 16.3 Å². The number of anilines is 1. The molecule has 1 saturated heterocycles. The molecule has 0 unspecified atom stereocenters. The normalized spacial score (nSPS) is 17.1. The molecule has 0 aromatic carbocycles. The fourth-order valence-electron chi connectivity index (χ4n) is 2.36. The number of thioether (sulfide) groups is 1. The number of rotatable bonds is 6. The van der Waals surface area contributed by atoms with Crippen LogP contribution < -0.4 is 11.0 Å². The summed E-state index contributed by atoms with van der Waals surface area (Å²) in [5.74, 6) is -0.157. The number of nitrogens with zero attached hydrogens (tertiary/aromatic N) is 3. The maximum absolute atomic E-state index is 12.0. The maximum atomic E-state index is 12.0. The van der Waals surface area contributed by atoms with Gasteiger partial charge >= 0.3 is 5.69 Å². The van der Waals surface area contributed by atoms with E-state index in [1.807, 2.05) is 0 Å². The van der Waals surface area contributed by atoms with E-state index in [-0.39, 0.29) is 28.6 Å². The van der Waals surface area contributed by atoms with Gasteiger partial charge in [0.05, 0.1) is 24.1 Å². The summed E-state index contributed by atoms with van der Waals surface area (Å²) in [5.41, 5.74) is 0.146. The first kappa shape index (κ1) is 17.0. The van der Waals surface area contributed by atoms with Crippen LogP contribution in [0.3, 0.4) is 0 Å². The molecule has 0 bridgehead atoms. The summed E-state index contributed by atoms with van der Waals surface area (Å²) in [4.78, 5) is 27.8. The Morgan fingerprint density at radius 3 is 3.21 bits per heavy atom. The molecular formula is C14H16ClN5O3S. The summed E-state index contributed by atoms with van der Waals surface area (Å²) in [7, 11) is 0. The average molecular weight is 370 g/mol. The van der Waals surface area contributed by atoms with Gasteiger partial charge in [-0.05, 0) is 25.0 Å². The third kappa shape index (κ3) is 4.16. The van der Waals surface area contributed by atoms with E-state index in [0.29, 0.717) is 24.0 Å². The number of H-pyrrole nitrogens is 1. The van der Waals surface area contributed by atoms with Crippen LogP contribution in [0.2, 0.25) is 5.15 Å². The molecule has 8 nitrogen and oxygen atoms in total. The Bertz CT molecular complexity index is 772. The highest BCUT2D eigenvalue weighted by molar-refractivity contribution is 7.99. The first-order chi connectivity index (χ1) is 11.6. The molecule has 2 aromatic heterocycles. The van der Waals surface area contributed by atoms with Crippen molar-refractivity contribution in [3.05, 3.63) is 34.0 Å². The lowest BCUT2D eigenvalue weighted by Crippen LogP contribution is -2.25. The molecule has 1 amide bonds. The minimum absolute atomic E-state index is 0.0164. The van der Waals surface area contributed by atoms with Gasteiger partial charge in [0.15, 0.2) is 10.3 Å². The second-order valence-electron chi connectivity index (χ2n) is 5.24. The van der Waals surface area contributed by atoms with Crippen molar-refractivity contribution in [3.8, 4) is 0 Å². The highest BCUT2D eigenvalue weighted by Gasteiger charge is 2.20. The van der Waals surface area contributed by atoms with Gasteiger partial charge in [-0.15, -0.1) is 5.10 Å². The topological polar surface area (TPSA) is 102 Å². The Hall–Kier alpha value is -1.84. The minimum Gasteiger partial charge on any atom is -0.376 e. The molecule has 2 aromatic rings. The van der Waals surface area contributed by atoms with Crippen molar-refractivity contribution in [1.82, 2.24) is 19.7 Å². The molecule has 3 rings (SSSR count). The fourth-order valence-corrected chi connectivity index (χ4v) is 3.28. The van der Waals surface area contributed by atoms with E-state index >= 15 is 0 Å². The van der Waals surface area contributed by atoms with E-state index in [9.17, 15) is 9.59 Å². The number of pyridine rings is 1. The predicted molar refractivity (Wildman–Crippen MR) is 90.4 cm³/mol. The number of nitrogens with one attached hydrogen (secondary N) is 2. The van der Waals surface area contributed by atoms with E-state index in [1.165, 1.54) is 16.3 Å². The van der Waals surface area contributed by atoms with Crippen LogP contribution >= 0.6 is 23.4 Å². The Balaban J connectivity index is 1.59. The average Bonchev–Trinajstić information content (AvgIpc) is 3.19. The maximum Gasteiger partial charge on any atom is 0.344 e. The summed E-state index contributed by atoms with van der Waals surface area (Å²) < 4.78 is 7.05. The molecule has 0 aliphatic carbocycles. The third-order valence-corrected chi connectivity index (χ3v) is 4.78. The highest BCUT2D eigenvalue weighted by Crippen LogP contribution is 2.20. The molecule has 1 fully saturated rings. The van der Waals surface area contributed by atoms with Crippen LogP contribution in [0.1, 0.15) is 12.8 Å². The number of halogens is 1. The fraction of sp³-hybridized carbons (Fsp3) is 0.429. The Morgan fingerprint density at radius 1 is 1.58 bits per heavy atom. The molecule has 24 heavy (non-hydrogen) atoms. The predicted octanol–water partition coefficient (Wildman–Crippen LogP) is 1.53. The zero-order valence-electron chi connectivity index (χ0n) is 12.7. The number of carbonyl (C=O) groups excluding carboxylic acids is 1. The largest absolute Gasteiger partial charge is 0.376 e. The van der Waals surface area contributed by atoms with Crippen LogP contribution in [0.5, 0.6) is 0 Å². The summed E-state index contributed by atoms with van der Waals surface area (Å²) in [5, 5.41) is 9.75. The summed E-state index contributed by atoms with van der Waals surface area (Å²) >= 11 is 7.07. The van der Waals surface area contributed by atoms with Gasteiger partial charge in [-0.25, -0.2) is 14.9 Å². The van der Waals surface area contributed by atoms with E-state index in [0.717, 1.165) is 12.8 Å². The van der Waals surface area contributed by atoms with Crippen LogP contribution in [0.15, 0.2) is 28.3 Å². The van der Waals surface area contributed by atoms with Gasteiger partial charge < -0.3 is 10.1 Å². The number of amides is 1. The van der Waals surface area contributed by atoms with Gasteiger partial charge in [0.25, 0.3) is 0 Å². The van der Waals surface area contributed by atoms with E-state index in [2.05, 4.69) is 20.5 Å². The Labute approximate surface area is 146 Å². The van der Waals surface area contributed by atoms with Gasteiger partial charge in [-0.2, -0.15) is 0 Å². The molecule has 10 heteroatoms. The first-order valence-electron chi connectivity index (χ1n) is 7.43. The van der Waals surface area contributed by atoms with Crippen molar-refractivity contribution in [2.45, 2.75) is 30.6 Å². The van der Waals surface area contributed by atoms with Crippen LogP contribution in [0.4, 0.5) is 5.69 Å². The van der Waals surface area contributed by atoms with Crippen molar-refractivity contribution in [3.63, 3.8) is 0 Å². The van der Waals surface area contributed by atoms with Gasteiger partial charge in [-0.3, -0.25) is 9.36 Å². The number of ether oxygens (including phenoxy) is 1. The van der Waals surface area contributed by atoms with Crippen molar-refractivity contribution in [2.75, 3.05) is 17.7 Å². The van der Waals surface area contributed by atoms with Crippen LogP contribution in [0, 0.1) is 0 Å². The lowest BCUT2D eigenvalue weighted by molar-refractivity contribution is -0.113. The van der Waals surface area contributed by atoms with Crippen LogP contribution in [-0.4, -0.2) is 44.1 Å². The zero-order chi connectivity index (χ0) is 16.9. The first-order valence-corrected chi connectivity index (χ1v) is 8.80. The second-order valence-corrected chi connectivity index (χ2v) is 6.54. The second kappa shape index (κ2) is 7.82. The van der Waals surface area contributed by atoms with Crippen LogP contribution in [-0.2, 0) is 16.1 Å². The van der Waals surface area contributed by atoms with E-state index in [1.54, 1.807) is 18.3 Å². The number of aromatic nitrogens is 4. The smallest absolute Gasteiger partial charge is 0.344 e. The number of hydrogen-bond acceptors (Lipinski definition) is 6. The molecule has 1 aliphatic rings. The molecule has 1 aliphatic heterocycles. The molecule has 0 spiro atoms. The molecule has 2 N–H and O–H groups in total. The van der Waals surface area contributed by atoms with E-state index < -0.39 is 0 Å². The van der Waals surface area contributed by atoms with Crippen molar-refractivity contribution in [2.24, 2.45) is 0 Å². The highest BCUT2D eigenvalue weighted by atomic mass is 35.5. The number of hydrogen-bond donors (Lipinski definition) is 2. The SMILES string of the molecule is O=C(CSc1n[nH]c(=O)n1C[C@H]1CCCO1)Nc1cccnc1Cl. The Kier molecular flexibility index (Phi) is 5.54. The van der Waals surface area contributed by atoms with Crippen molar-refractivity contribution < 1.29 is 9.53 Å². The molecule has 3 heterocycles. The van der Waals surface area contributed by atoms with Gasteiger partial charge in [0.1, 0.15) is 0 Å². The summed E-state index contributed by atoms with van der Waals surface area (Å²) in [6.07, 6.45) is 3.47. The number of aromatic amines is 1. The molecular weight excluding hydrogens is 354 g/mol. The van der Waals surface area contributed by atoms with Gasteiger partial charge in [0.2, 0.25) is 5.91 Å². The van der Waals surface area contributed by atoms with Gasteiger partial charge in [-0.1, -0.05) is 23.4 Å². The zero-order valence-corrected chi connectivity index (χ0v) is 14.3. The van der Waals surface area contributed by atoms with Crippen molar-refractivity contribution in [1.29, 1.82) is 0 Å². The third-order valence-electron chi connectivity index (χ3n) is 3.50. The lowest BCUT2D eigenvalue weighted by atomic mass is 10.2. The molecule has 0 saturated carbocycles. The summed E-state index contributed by atoms with van der Waals surface area (Å²) in [6, 6.07) is 3.35. The minimum atomic E-state index is -0.302. The monoisotopic (exact) mass is 369 g/mol. The standard InChI is InChI=1S/C14H16ClN5O3S/c15-12-10(4-1-5-16-12)17-11(21)8-24-14-19-18-13(22)20(14)7-9-3-2-6-23-9/h1,4-5,9H,2-3,6-8H2,(H,17,21)(H,18,22)/t9-/m1/s1. The van der Waals surface area contributed by atoms with Gasteiger partial charge in [0, 0.05) is 12.8 Å². The lowest BCUT2D eigenvalue weighted by Gasteiger charge is -2.11. The molecule has 1 atom stereocenters. The molecule has 128 valence electrons. The summed E-state index contributed by atoms with van der Waals surface area (Å²) in [6.45, 7) is 1.15.